The average molecular weight is 453 g/mol. The number of carboxylic acid groups (broad SMARTS) is 1. The Hall–Kier alpha value is -2.99. The van der Waals surface area contributed by atoms with Crippen LogP contribution >= 0.6 is 11.6 Å². The van der Waals surface area contributed by atoms with Gasteiger partial charge in [0.05, 0.1) is 27.5 Å². The van der Waals surface area contributed by atoms with Gasteiger partial charge in [-0.05, 0) is 74.3 Å². The number of hydrogen-bond acceptors (Lipinski definition) is 3. The second-order valence-electron chi connectivity index (χ2n) is 8.53. The minimum absolute atomic E-state index is 0.127. The van der Waals surface area contributed by atoms with Crippen LogP contribution in [0.25, 0.3) is 11.3 Å². The van der Waals surface area contributed by atoms with Crippen molar-refractivity contribution >= 4 is 23.5 Å². The van der Waals surface area contributed by atoms with Gasteiger partial charge in [-0.25, -0.2) is 9.18 Å². The van der Waals surface area contributed by atoms with Crippen LogP contribution in [0, 0.1) is 5.82 Å². The van der Waals surface area contributed by atoms with E-state index in [1.807, 2.05) is 12.1 Å². The van der Waals surface area contributed by atoms with Crippen molar-refractivity contribution in [2.45, 2.75) is 50.9 Å². The Morgan fingerprint density at radius 1 is 1.09 bits per heavy atom. The third-order valence-corrected chi connectivity index (χ3v) is 6.69. The number of halogens is 2. The summed E-state index contributed by atoms with van der Waals surface area (Å²) in [7, 11) is 0. The molecular formula is C25H22ClFN2O3. The summed E-state index contributed by atoms with van der Waals surface area (Å²) < 4.78 is 16.3. The van der Waals surface area contributed by atoms with Gasteiger partial charge in [0.1, 0.15) is 5.82 Å². The Bertz CT molecular complexity index is 1250. The molecule has 5 nitrogen and oxygen atoms in total. The van der Waals surface area contributed by atoms with E-state index in [4.69, 9.17) is 16.7 Å². The summed E-state index contributed by atoms with van der Waals surface area (Å²) in [5, 5.41) is 14.2. The first-order valence-electron chi connectivity index (χ1n) is 10.9. The predicted octanol–water partition coefficient (Wildman–Crippen LogP) is 5.88. The first-order valence-corrected chi connectivity index (χ1v) is 11.3. The third-order valence-electron chi connectivity index (χ3n) is 6.37. The molecule has 1 saturated carbocycles. The molecule has 0 spiro atoms. The quantitative estimate of drug-likeness (QED) is 0.502. The van der Waals surface area contributed by atoms with Gasteiger partial charge in [-0.15, -0.1) is 0 Å². The van der Waals surface area contributed by atoms with Crippen LogP contribution in [-0.4, -0.2) is 26.8 Å². The number of carboxylic acids is 1. The monoisotopic (exact) mass is 452 g/mol. The highest BCUT2D eigenvalue weighted by atomic mass is 35.5. The van der Waals surface area contributed by atoms with E-state index in [1.165, 1.54) is 16.8 Å². The smallest absolute Gasteiger partial charge is 0.335 e. The van der Waals surface area contributed by atoms with E-state index in [0.29, 0.717) is 35.0 Å². The Balaban J connectivity index is 1.66. The zero-order valence-corrected chi connectivity index (χ0v) is 18.2. The molecule has 2 aliphatic rings. The molecule has 7 heteroatoms. The molecule has 2 aromatic carbocycles. The molecule has 0 radical (unpaired) electrons. The Kier molecular flexibility index (Phi) is 5.33. The third kappa shape index (κ3) is 3.62. The lowest BCUT2D eigenvalue weighted by molar-refractivity contribution is 0.0696. The largest absolute Gasteiger partial charge is 0.478 e. The van der Waals surface area contributed by atoms with E-state index in [-0.39, 0.29) is 17.0 Å². The summed E-state index contributed by atoms with van der Waals surface area (Å²) >= 11 is 6.48. The van der Waals surface area contributed by atoms with Gasteiger partial charge >= 0.3 is 5.97 Å². The lowest BCUT2D eigenvalue weighted by atomic mass is 10.00. The van der Waals surface area contributed by atoms with Crippen LogP contribution in [0.1, 0.15) is 75.6 Å². The number of hydrogen-bond donors (Lipinski definition) is 1. The molecule has 0 atom stereocenters. The molecule has 0 bridgehead atoms. The number of nitrogens with zero attached hydrogens (tertiary/aromatic N) is 2. The van der Waals surface area contributed by atoms with Gasteiger partial charge < -0.3 is 5.11 Å². The van der Waals surface area contributed by atoms with Crippen molar-refractivity contribution in [3.63, 3.8) is 0 Å². The Morgan fingerprint density at radius 3 is 2.59 bits per heavy atom. The fourth-order valence-electron chi connectivity index (χ4n) is 4.61. The standard InChI is InChI=1S/C25H22ClFN2O3/c26-19-7-4-6-16(14-9-10-14)22(19)24(30)29-21-8-3-1-2-5-18(21)23(28-29)17-12-11-15(25(31)32)13-20(17)27/h4,6-7,11-14H,1-3,5,8-10H2,(H,31,32). The second kappa shape index (κ2) is 8.17. The summed E-state index contributed by atoms with van der Waals surface area (Å²) in [6.45, 7) is 0. The Morgan fingerprint density at radius 2 is 1.88 bits per heavy atom. The van der Waals surface area contributed by atoms with Crippen LogP contribution < -0.4 is 0 Å². The van der Waals surface area contributed by atoms with Crippen molar-refractivity contribution < 1.29 is 19.1 Å². The van der Waals surface area contributed by atoms with Gasteiger partial charge in [-0.1, -0.05) is 30.2 Å². The number of carbonyl (C=O) groups excluding carboxylic acids is 1. The van der Waals surface area contributed by atoms with Gasteiger partial charge in [0, 0.05) is 11.1 Å². The van der Waals surface area contributed by atoms with Crippen LogP contribution in [0.2, 0.25) is 5.02 Å². The molecule has 0 unspecified atom stereocenters. The first kappa shape index (κ1) is 20.9. The first-order chi connectivity index (χ1) is 15.5. The number of aromatic carboxylic acids is 1. The van der Waals surface area contributed by atoms with Crippen LogP contribution in [0.3, 0.4) is 0 Å². The number of rotatable bonds is 4. The fraction of sp³-hybridized carbons (Fsp3) is 0.320. The summed E-state index contributed by atoms with van der Waals surface area (Å²) in [6, 6.07) is 9.33. The number of carbonyl (C=O) groups is 2. The molecule has 0 saturated heterocycles. The zero-order chi connectivity index (χ0) is 22.4. The van der Waals surface area contributed by atoms with E-state index in [0.717, 1.165) is 55.0 Å². The molecule has 164 valence electrons. The number of aromatic nitrogens is 2. The molecule has 1 heterocycles. The SMILES string of the molecule is O=C(O)c1ccc(-c2nn(C(=O)c3c(Cl)cccc3C3CC3)c3c2CCCCC3)c(F)c1. The molecule has 3 aromatic rings. The molecule has 5 rings (SSSR count). The van der Waals surface area contributed by atoms with Crippen molar-refractivity contribution in [3.8, 4) is 11.3 Å². The molecule has 1 N–H and O–H groups in total. The predicted molar refractivity (Wildman–Crippen MR) is 119 cm³/mol. The summed E-state index contributed by atoms with van der Waals surface area (Å²) in [5.74, 6) is -1.81. The highest BCUT2D eigenvalue weighted by Gasteiger charge is 2.32. The summed E-state index contributed by atoms with van der Waals surface area (Å²) in [6.07, 6.45) is 6.29. The van der Waals surface area contributed by atoms with Crippen LogP contribution in [0.5, 0.6) is 0 Å². The summed E-state index contributed by atoms with van der Waals surface area (Å²) in [4.78, 5) is 24.9. The molecule has 0 amide bonds. The Labute approximate surface area is 189 Å². The van der Waals surface area contributed by atoms with E-state index < -0.39 is 11.8 Å². The van der Waals surface area contributed by atoms with Crippen molar-refractivity contribution in [1.82, 2.24) is 9.78 Å². The highest BCUT2D eigenvalue weighted by Crippen LogP contribution is 2.43. The van der Waals surface area contributed by atoms with E-state index in [1.54, 1.807) is 6.07 Å². The van der Waals surface area contributed by atoms with Crippen molar-refractivity contribution in [3.05, 3.63) is 75.2 Å². The maximum absolute atomic E-state index is 14.9. The number of benzene rings is 2. The van der Waals surface area contributed by atoms with Crippen molar-refractivity contribution in [2.24, 2.45) is 0 Å². The normalized spacial score (nSPS) is 15.8. The van der Waals surface area contributed by atoms with Gasteiger partial charge in [0.15, 0.2) is 0 Å². The number of fused-ring (bicyclic) bond motifs is 1. The zero-order valence-electron chi connectivity index (χ0n) is 17.4. The van der Waals surface area contributed by atoms with Gasteiger partial charge in [-0.2, -0.15) is 9.78 Å². The van der Waals surface area contributed by atoms with E-state index >= 15 is 0 Å². The van der Waals surface area contributed by atoms with Crippen LogP contribution in [-0.2, 0) is 12.8 Å². The van der Waals surface area contributed by atoms with Crippen molar-refractivity contribution in [1.29, 1.82) is 0 Å². The van der Waals surface area contributed by atoms with Gasteiger partial charge in [0.2, 0.25) is 0 Å². The molecule has 1 aromatic heterocycles. The van der Waals surface area contributed by atoms with Crippen LogP contribution in [0.4, 0.5) is 4.39 Å². The van der Waals surface area contributed by atoms with Gasteiger partial charge in [0.25, 0.3) is 5.91 Å². The second-order valence-corrected chi connectivity index (χ2v) is 8.94. The van der Waals surface area contributed by atoms with Crippen LogP contribution in [0.15, 0.2) is 36.4 Å². The molecule has 32 heavy (non-hydrogen) atoms. The lowest BCUT2D eigenvalue weighted by Gasteiger charge is -2.12. The molecule has 2 aliphatic carbocycles. The molecular weight excluding hydrogens is 431 g/mol. The lowest BCUT2D eigenvalue weighted by Crippen LogP contribution is -2.19. The summed E-state index contributed by atoms with van der Waals surface area (Å²) in [5.41, 5.74) is 3.56. The molecule has 0 aliphatic heterocycles. The average Bonchev–Trinajstić information content (AvgIpc) is 3.58. The minimum Gasteiger partial charge on any atom is -0.478 e. The minimum atomic E-state index is -1.19. The van der Waals surface area contributed by atoms with E-state index in [2.05, 4.69) is 5.10 Å². The van der Waals surface area contributed by atoms with E-state index in [9.17, 15) is 14.0 Å². The molecule has 1 fully saturated rings. The highest BCUT2D eigenvalue weighted by molar-refractivity contribution is 6.34. The topological polar surface area (TPSA) is 72.2 Å². The van der Waals surface area contributed by atoms with Crippen molar-refractivity contribution in [2.75, 3.05) is 0 Å². The maximum Gasteiger partial charge on any atom is 0.335 e. The van der Waals surface area contributed by atoms with Gasteiger partial charge in [-0.3, -0.25) is 4.79 Å². The maximum atomic E-state index is 14.9. The fourth-order valence-corrected chi connectivity index (χ4v) is 4.87.